The van der Waals surface area contributed by atoms with Gasteiger partial charge in [0, 0.05) is 6.54 Å². The minimum Gasteiger partial charge on any atom is -0.444 e. The van der Waals surface area contributed by atoms with Crippen LogP contribution in [0.1, 0.15) is 39.7 Å². The van der Waals surface area contributed by atoms with Crippen LogP contribution in [-0.4, -0.2) is 36.6 Å². The molecule has 2 aromatic rings. The number of amides is 2. The predicted octanol–water partition coefficient (Wildman–Crippen LogP) is 5.21. The Bertz CT molecular complexity index is 921. The molecule has 0 aromatic heterocycles. The average molecular weight is 467 g/mol. The fourth-order valence-electron chi connectivity index (χ4n) is 2.97. The maximum absolute atomic E-state index is 12.4. The summed E-state index contributed by atoms with van der Waals surface area (Å²) in [7, 11) is 0. The molecule has 0 fully saturated rings. The SMILES string of the molecule is CC[C@H](NC(=O)OC(C)(C)C)C(=O)NCCc1ccc(-c2ccc(OC(F)(F)F)cc2)cc1. The van der Waals surface area contributed by atoms with Crippen LogP contribution in [0.5, 0.6) is 5.75 Å². The van der Waals surface area contributed by atoms with Gasteiger partial charge in [-0.3, -0.25) is 4.79 Å². The van der Waals surface area contributed by atoms with E-state index < -0.39 is 24.1 Å². The zero-order valence-corrected chi connectivity index (χ0v) is 19.1. The van der Waals surface area contributed by atoms with Crippen molar-refractivity contribution >= 4 is 12.0 Å². The molecule has 2 aromatic carbocycles. The molecular formula is C24H29F3N2O4. The van der Waals surface area contributed by atoms with Crippen molar-refractivity contribution in [1.29, 1.82) is 0 Å². The number of alkyl carbamates (subject to hydrolysis) is 1. The third-order valence-corrected chi connectivity index (χ3v) is 4.50. The van der Waals surface area contributed by atoms with Gasteiger partial charge in [-0.2, -0.15) is 0 Å². The predicted molar refractivity (Wildman–Crippen MR) is 119 cm³/mol. The van der Waals surface area contributed by atoms with Crippen LogP contribution >= 0.6 is 0 Å². The minimum absolute atomic E-state index is 0.273. The summed E-state index contributed by atoms with van der Waals surface area (Å²) in [5, 5.41) is 5.38. The van der Waals surface area contributed by atoms with E-state index in [0.717, 1.165) is 16.7 Å². The fourth-order valence-corrected chi connectivity index (χ4v) is 2.97. The molecule has 9 heteroatoms. The Morgan fingerprint density at radius 3 is 1.97 bits per heavy atom. The number of carbonyl (C=O) groups is 2. The lowest BCUT2D eigenvalue weighted by atomic mass is 10.0. The molecule has 0 spiro atoms. The zero-order valence-electron chi connectivity index (χ0n) is 19.1. The van der Waals surface area contributed by atoms with E-state index in [1.165, 1.54) is 12.1 Å². The van der Waals surface area contributed by atoms with E-state index in [9.17, 15) is 22.8 Å². The Labute approximate surface area is 191 Å². The molecule has 0 aliphatic rings. The molecule has 2 N–H and O–H groups in total. The van der Waals surface area contributed by atoms with Gasteiger partial charge in [-0.25, -0.2) is 4.79 Å². The van der Waals surface area contributed by atoms with Gasteiger partial charge in [0.1, 0.15) is 17.4 Å². The first kappa shape index (κ1) is 26.0. The average Bonchev–Trinajstić information content (AvgIpc) is 2.70. The van der Waals surface area contributed by atoms with Crippen molar-refractivity contribution in [2.45, 2.75) is 58.5 Å². The molecular weight excluding hydrogens is 437 g/mol. The summed E-state index contributed by atoms with van der Waals surface area (Å²) >= 11 is 0. The molecule has 0 unspecified atom stereocenters. The molecule has 6 nitrogen and oxygen atoms in total. The van der Waals surface area contributed by atoms with Gasteiger partial charge in [-0.15, -0.1) is 13.2 Å². The van der Waals surface area contributed by atoms with E-state index in [1.54, 1.807) is 39.8 Å². The lowest BCUT2D eigenvalue weighted by Gasteiger charge is -2.22. The summed E-state index contributed by atoms with van der Waals surface area (Å²) in [5.74, 6) is -0.564. The van der Waals surface area contributed by atoms with Gasteiger partial charge in [0.25, 0.3) is 0 Å². The largest absolute Gasteiger partial charge is 0.573 e. The molecule has 0 aliphatic carbocycles. The molecule has 1 atom stereocenters. The van der Waals surface area contributed by atoms with Crippen molar-refractivity contribution < 1.29 is 32.2 Å². The van der Waals surface area contributed by atoms with E-state index in [2.05, 4.69) is 15.4 Å². The number of carbonyl (C=O) groups excluding carboxylic acids is 2. The van der Waals surface area contributed by atoms with Gasteiger partial charge in [0.15, 0.2) is 0 Å². The maximum atomic E-state index is 12.4. The third-order valence-electron chi connectivity index (χ3n) is 4.50. The standard InChI is InChI=1S/C24H29F3N2O4/c1-5-20(29-22(31)33-23(2,3)4)21(30)28-15-14-16-6-8-17(9-7-16)18-10-12-19(13-11-18)32-24(25,26)27/h6-13,20H,5,14-15H2,1-4H3,(H,28,30)(H,29,31)/t20-/m0/s1. The monoisotopic (exact) mass is 466 g/mol. The number of halogens is 3. The number of nitrogens with one attached hydrogen (secondary N) is 2. The summed E-state index contributed by atoms with van der Waals surface area (Å²) in [6.07, 6.45) is -4.36. The van der Waals surface area contributed by atoms with Crippen LogP contribution in [0.2, 0.25) is 0 Å². The first-order valence-corrected chi connectivity index (χ1v) is 10.6. The molecule has 0 saturated heterocycles. The van der Waals surface area contributed by atoms with Crippen LogP contribution in [0.4, 0.5) is 18.0 Å². The van der Waals surface area contributed by atoms with E-state index >= 15 is 0 Å². The fraction of sp³-hybridized carbons (Fsp3) is 0.417. The number of hydrogen-bond donors (Lipinski definition) is 2. The summed E-state index contributed by atoms with van der Waals surface area (Å²) in [6.45, 7) is 7.42. The van der Waals surface area contributed by atoms with Crippen molar-refractivity contribution in [1.82, 2.24) is 10.6 Å². The van der Waals surface area contributed by atoms with E-state index in [1.807, 2.05) is 24.3 Å². The van der Waals surface area contributed by atoms with Crippen LogP contribution in [0.25, 0.3) is 11.1 Å². The Morgan fingerprint density at radius 2 is 1.48 bits per heavy atom. The Kier molecular flexibility index (Phi) is 8.73. The second kappa shape index (κ2) is 11.1. The zero-order chi connectivity index (χ0) is 24.6. The van der Waals surface area contributed by atoms with Crippen LogP contribution < -0.4 is 15.4 Å². The topological polar surface area (TPSA) is 76.7 Å². The summed E-state index contributed by atoms with van der Waals surface area (Å²) in [4.78, 5) is 24.2. The lowest BCUT2D eigenvalue weighted by molar-refractivity contribution is -0.274. The van der Waals surface area contributed by atoms with E-state index in [-0.39, 0.29) is 11.7 Å². The molecule has 0 aliphatic heterocycles. The van der Waals surface area contributed by atoms with Crippen molar-refractivity contribution in [2.24, 2.45) is 0 Å². The summed E-state index contributed by atoms with van der Waals surface area (Å²) in [5.41, 5.74) is 1.92. The number of hydrogen-bond acceptors (Lipinski definition) is 4. The first-order chi connectivity index (χ1) is 15.4. The van der Waals surface area contributed by atoms with Crippen LogP contribution in [0.3, 0.4) is 0 Å². The lowest BCUT2D eigenvalue weighted by Crippen LogP contribution is -2.48. The highest BCUT2D eigenvalue weighted by Crippen LogP contribution is 2.26. The Balaban J connectivity index is 1.85. The van der Waals surface area contributed by atoms with Crippen molar-refractivity contribution in [3.05, 3.63) is 54.1 Å². The number of ether oxygens (including phenoxy) is 2. The quantitative estimate of drug-likeness (QED) is 0.560. The number of rotatable bonds is 8. The van der Waals surface area contributed by atoms with Crippen molar-refractivity contribution in [3.8, 4) is 16.9 Å². The van der Waals surface area contributed by atoms with Crippen molar-refractivity contribution in [2.75, 3.05) is 6.54 Å². The van der Waals surface area contributed by atoms with Gasteiger partial charge in [0.05, 0.1) is 0 Å². The molecule has 0 saturated carbocycles. The molecule has 33 heavy (non-hydrogen) atoms. The van der Waals surface area contributed by atoms with Gasteiger partial charge in [-0.1, -0.05) is 43.3 Å². The highest BCUT2D eigenvalue weighted by Gasteiger charge is 2.31. The van der Waals surface area contributed by atoms with Crippen LogP contribution in [0, 0.1) is 0 Å². The van der Waals surface area contributed by atoms with Gasteiger partial charge < -0.3 is 20.1 Å². The molecule has 180 valence electrons. The number of alkyl halides is 3. The normalized spacial score (nSPS) is 12.6. The minimum atomic E-state index is -4.72. The second-order valence-electron chi connectivity index (χ2n) is 8.42. The third kappa shape index (κ3) is 9.43. The molecule has 0 bridgehead atoms. The van der Waals surface area contributed by atoms with Crippen LogP contribution in [-0.2, 0) is 16.0 Å². The van der Waals surface area contributed by atoms with Gasteiger partial charge >= 0.3 is 12.5 Å². The highest BCUT2D eigenvalue weighted by atomic mass is 19.4. The Hall–Kier alpha value is -3.23. The van der Waals surface area contributed by atoms with E-state index in [0.29, 0.717) is 19.4 Å². The highest BCUT2D eigenvalue weighted by molar-refractivity contribution is 5.85. The first-order valence-electron chi connectivity index (χ1n) is 10.6. The molecule has 0 heterocycles. The second-order valence-corrected chi connectivity index (χ2v) is 8.42. The number of benzene rings is 2. The molecule has 2 rings (SSSR count). The van der Waals surface area contributed by atoms with Crippen LogP contribution in [0.15, 0.2) is 48.5 Å². The van der Waals surface area contributed by atoms with Crippen molar-refractivity contribution in [3.63, 3.8) is 0 Å². The van der Waals surface area contributed by atoms with Gasteiger partial charge in [-0.05, 0) is 62.4 Å². The van der Waals surface area contributed by atoms with E-state index in [4.69, 9.17) is 4.74 Å². The molecule has 0 radical (unpaired) electrons. The van der Waals surface area contributed by atoms with Gasteiger partial charge in [0.2, 0.25) is 5.91 Å². The molecule has 2 amide bonds. The maximum Gasteiger partial charge on any atom is 0.573 e. The summed E-state index contributed by atoms with van der Waals surface area (Å²) in [6, 6.07) is 12.4. The smallest absolute Gasteiger partial charge is 0.444 e. The summed E-state index contributed by atoms with van der Waals surface area (Å²) < 4.78 is 45.9. The Morgan fingerprint density at radius 1 is 0.939 bits per heavy atom.